The number of allylic oxidation sites excluding steroid dienone is 1. The number of hydrogen-bond donors (Lipinski definition) is 3. The highest BCUT2D eigenvalue weighted by Crippen LogP contribution is 2.54. The van der Waals surface area contributed by atoms with Gasteiger partial charge in [-0.25, -0.2) is 0 Å². The van der Waals surface area contributed by atoms with Gasteiger partial charge in [-0.05, 0) is 29.7 Å². The maximum absolute atomic E-state index is 10.3. The van der Waals surface area contributed by atoms with E-state index >= 15 is 0 Å². The fourth-order valence-corrected chi connectivity index (χ4v) is 3.93. The van der Waals surface area contributed by atoms with Crippen molar-refractivity contribution in [3.8, 4) is 28.7 Å². The van der Waals surface area contributed by atoms with Crippen molar-refractivity contribution in [2.75, 3.05) is 26.6 Å². The molecule has 3 aliphatic rings. The van der Waals surface area contributed by atoms with E-state index in [2.05, 4.69) is 0 Å². The van der Waals surface area contributed by atoms with Gasteiger partial charge in [-0.2, -0.15) is 0 Å². The molecule has 2 aromatic rings. The quantitative estimate of drug-likeness (QED) is 0.695. The molecule has 0 aliphatic carbocycles. The van der Waals surface area contributed by atoms with Crippen molar-refractivity contribution in [1.29, 1.82) is 0 Å². The zero-order chi connectivity index (χ0) is 19.3. The van der Waals surface area contributed by atoms with Crippen LogP contribution in [0.5, 0.6) is 28.7 Å². The molecule has 28 heavy (non-hydrogen) atoms. The van der Waals surface area contributed by atoms with Crippen molar-refractivity contribution in [2.45, 2.75) is 18.4 Å². The summed E-state index contributed by atoms with van der Waals surface area (Å²) in [4.78, 5) is 0. The number of aliphatic hydroxyl groups is 2. The third-order valence-corrected chi connectivity index (χ3v) is 5.48. The average Bonchev–Trinajstić information content (AvgIpc) is 3.30. The van der Waals surface area contributed by atoms with Crippen LogP contribution in [0, 0.1) is 0 Å². The van der Waals surface area contributed by atoms with Crippen LogP contribution in [-0.2, 0) is 6.42 Å². The van der Waals surface area contributed by atoms with E-state index in [4.69, 9.17) is 18.9 Å². The van der Waals surface area contributed by atoms with E-state index in [1.54, 1.807) is 12.1 Å². The normalized spacial score (nSPS) is 20.5. The zero-order valence-electron chi connectivity index (χ0n) is 15.1. The molecular weight excluding hydrogens is 364 g/mol. The van der Waals surface area contributed by atoms with Crippen LogP contribution < -0.4 is 18.9 Å². The molecule has 7 heteroatoms. The predicted molar refractivity (Wildman–Crippen MR) is 98.2 cm³/mol. The summed E-state index contributed by atoms with van der Waals surface area (Å²) in [5, 5.41) is 28.8. The smallest absolute Gasteiger partial charge is 0.231 e. The largest absolute Gasteiger partial charge is 0.508 e. The van der Waals surface area contributed by atoms with Crippen LogP contribution in [0.15, 0.2) is 35.9 Å². The third-order valence-electron chi connectivity index (χ3n) is 5.48. The van der Waals surface area contributed by atoms with E-state index in [9.17, 15) is 15.3 Å². The minimum Gasteiger partial charge on any atom is -0.508 e. The van der Waals surface area contributed by atoms with Gasteiger partial charge in [-0.3, -0.25) is 0 Å². The number of fused-ring (bicyclic) bond motifs is 6. The SMILES string of the molecule is OCC(=CCc1cc2c(cc1O)OC[C@H]1c3cc4c(cc3O[C@@H]21)OCO4)CO. The molecule has 3 aliphatic heterocycles. The standard InChI is InChI=1S/C21H20O7/c22-7-11(8-23)1-2-12-3-14-17(5-16(12)24)25-9-15-13-4-19-20(27-10-26-19)6-18(13)28-21(14)15/h1,3-6,15,21-24H,2,7-10H2/t15-,21-/m0/s1. The van der Waals surface area contributed by atoms with Crippen molar-refractivity contribution >= 4 is 0 Å². The molecule has 0 saturated heterocycles. The highest BCUT2D eigenvalue weighted by Gasteiger charge is 2.42. The number of hydrogen-bond acceptors (Lipinski definition) is 7. The van der Waals surface area contributed by atoms with Crippen molar-refractivity contribution in [3.63, 3.8) is 0 Å². The lowest BCUT2D eigenvalue weighted by atomic mass is 9.88. The summed E-state index contributed by atoms with van der Waals surface area (Å²) in [6.07, 6.45) is 1.88. The number of rotatable bonds is 4. The van der Waals surface area contributed by atoms with E-state index in [-0.39, 0.29) is 37.8 Å². The molecule has 5 rings (SSSR count). The van der Waals surface area contributed by atoms with Crippen LogP contribution in [0.4, 0.5) is 0 Å². The Kier molecular flexibility index (Phi) is 4.07. The Bertz CT molecular complexity index is 960. The first-order chi connectivity index (χ1) is 13.7. The number of phenols is 1. The van der Waals surface area contributed by atoms with Gasteiger partial charge in [0.1, 0.15) is 23.4 Å². The molecule has 0 bridgehead atoms. The zero-order valence-corrected chi connectivity index (χ0v) is 15.1. The first kappa shape index (κ1) is 17.2. The summed E-state index contributed by atoms with van der Waals surface area (Å²) in [6, 6.07) is 7.28. The van der Waals surface area contributed by atoms with Gasteiger partial charge in [0.25, 0.3) is 0 Å². The van der Waals surface area contributed by atoms with Gasteiger partial charge in [0.2, 0.25) is 6.79 Å². The summed E-state index contributed by atoms with van der Waals surface area (Å²) >= 11 is 0. The number of benzene rings is 2. The van der Waals surface area contributed by atoms with Crippen LogP contribution in [0.3, 0.4) is 0 Å². The van der Waals surface area contributed by atoms with Crippen molar-refractivity contribution in [1.82, 2.24) is 0 Å². The van der Waals surface area contributed by atoms with Crippen LogP contribution in [0.2, 0.25) is 0 Å². The minimum absolute atomic E-state index is 0.0235. The Balaban J connectivity index is 1.49. The Labute approximate surface area is 161 Å². The van der Waals surface area contributed by atoms with Crippen LogP contribution >= 0.6 is 0 Å². The summed E-state index contributed by atoms with van der Waals surface area (Å²) < 4.78 is 23.1. The fraction of sp³-hybridized carbons (Fsp3) is 0.333. The Morgan fingerprint density at radius 2 is 1.71 bits per heavy atom. The maximum atomic E-state index is 10.3. The van der Waals surface area contributed by atoms with Gasteiger partial charge in [-0.1, -0.05) is 6.08 Å². The topological polar surface area (TPSA) is 97.6 Å². The van der Waals surface area contributed by atoms with E-state index in [1.807, 2.05) is 18.2 Å². The molecule has 7 nitrogen and oxygen atoms in total. The molecule has 0 radical (unpaired) electrons. The minimum atomic E-state index is -0.222. The highest BCUT2D eigenvalue weighted by molar-refractivity contribution is 5.58. The monoisotopic (exact) mass is 384 g/mol. The van der Waals surface area contributed by atoms with Gasteiger partial charge >= 0.3 is 0 Å². The summed E-state index contributed by atoms with van der Waals surface area (Å²) in [7, 11) is 0. The number of aliphatic hydroxyl groups excluding tert-OH is 2. The van der Waals surface area contributed by atoms with E-state index < -0.39 is 0 Å². The summed E-state index contributed by atoms with van der Waals surface area (Å²) in [5.41, 5.74) is 3.07. The lowest BCUT2D eigenvalue weighted by Crippen LogP contribution is -2.23. The van der Waals surface area contributed by atoms with Crippen LogP contribution in [0.1, 0.15) is 28.7 Å². The summed E-state index contributed by atoms with van der Waals surface area (Å²) in [5.74, 6) is 2.88. The molecule has 0 spiro atoms. The predicted octanol–water partition coefficient (Wildman–Crippen LogP) is 2.18. The van der Waals surface area contributed by atoms with Gasteiger partial charge in [-0.15, -0.1) is 0 Å². The average molecular weight is 384 g/mol. The molecule has 0 unspecified atom stereocenters. The van der Waals surface area contributed by atoms with Crippen molar-refractivity contribution in [3.05, 3.63) is 52.6 Å². The van der Waals surface area contributed by atoms with Crippen molar-refractivity contribution < 1.29 is 34.3 Å². The molecule has 2 aromatic carbocycles. The molecule has 3 heterocycles. The Morgan fingerprint density at radius 1 is 0.929 bits per heavy atom. The second-order valence-corrected chi connectivity index (χ2v) is 7.10. The second-order valence-electron chi connectivity index (χ2n) is 7.10. The molecule has 3 N–H and O–H groups in total. The van der Waals surface area contributed by atoms with Gasteiger partial charge in [0, 0.05) is 23.3 Å². The molecule has 0 aromatic heterocycles. The second kappa shape index (κ2) is 6.61. The molecule has 0 fully saturated rings. The number of ether oxygens (including phenoxy) is 4. The molecule has 0 amide bonds. The first-order valence-electron chi connectivity index (χ1n) is 9.16. The fourth-order valence-electron chi connectivity index (χ4n) is 3.93. The van der Waals surface area contributed by atoms with Gasteiger partial charge in [0.05, 0.1) is 25.7 Å². The highest BCUT2D eigenvalue weighted by atomic mass is 16.7. The first-order valence-corrected chi connectivity index (χ1v) is 9.16. The van der Waals surface area contributed by atoms with E-state index in [1.165, 1.54) is 0 Å². The number of aromatic hydroxyl groups is 1. The van der Waals surface area contributed by atoms with Crippen molar-refractivity contribution in [2.24, 2.45) is 0 Å². The Morgan fingerprint density at radius 3 is 2.50 bits per heavy atom. The lowest BCUT2D eigenvalue weighted by molar-refractivity contribution is 0.138. The third kappa shape index (κ3) is 2.66. The van der Waals surface area contributed by atoms with Gasteiger partial charge < -0.3 is 34.3 Å². The van der Waals surface area contributed by atoms with E-state index in [0.29, 0.717) is 41.4 Å². The molecular formula is C21H20O7. The van der Waals surface area contributed by atoms with Crippen LogP contribution in [-0.4, -0.2) is 41.9 Å². The lowest BCUT2D eigenvalue weighted by Gasteiger charge is -2.28. The molecule has 2 atom stereocenters. The van der Waals surface area contributed by atoms with Gasteiger partial charge in [0.15, 0.2) is 11.5 Å². The Hall–Kier alpha value is -2.90. The molecule has 0 saturated carbocycles. The van der Waals surface area contributed by atoms with E-state index in [0.717, 1.165) is 16.9 Å². The van der Waals surface area contributed by atoms with Crippen LogP contribution in [0.25, 0.3) is 0 Å². The number of phenolic OH excluding ortho intramolecular Hbond substituents is 1. The summed E-state index contributed by atoms with van der Waals surface area (Å²) in [6.45, 7) is 0.222. The maximum Gasteiger partial charge on any atom is 0.231 e. The molecule has 146 valence electrons.